The number of nitrogens with zero attached hydrogens (tertiary/aromatic N) is 1. The average Bonchev–Trinajstić information content (AvgIpc) is 3.00. The van der Waals surface area contributed by atoms with Gasteiger partial charge in [-0.2, -0.15) is 0 Å². The van der Waals surface area contributed by atoms with Gasteiger partial charge in [-0.05, 0) is 25.8 Å². The summed E-state index contributed by atoms with van der Waals surface area (Å²) >= 11 is 0. The van der Waals surface area contributed by atoms with Crippen LogP contribution in [0.5, 0.6) is 0 Å². The average molecular weight is 211 g/mol. The largest absolute Gasteiger partial charge is 0.388 e. The molecule has 0 amide bonds. The van der Waals surface area contributed by atoms with E-state index in [1.165, 1.54) is 45.1 Å². The van der Waals surface area contributed by atoms with Gasteiger partial charge in [0.15, 0.2) is 0 Å². The highest BCUT2D eigenvalue weighted by molar-refractivity contribution is 5.76. The zero-order chi connectivity index (χ0) is 11.1. The molecule has 0 aromatic rings. The monoisotopic (exact) mass is 211 g/mol. The Bertz CT molecular complexity index is 187. The molecule has 1 rings (SSSR count). The molecule has 1 aliphatic rings. The summed E-state index contributed by atoms with van der Waals surface area (Å²) in [4.78, 5) is 2.52. The zero-order valence-corrected chi connectivity index (χ0v) is 9.97. The fourth-order valence-electron chi connectivity index (χ4n) is 1.92. The van der Waals surface area contributed by atoms with Crippen molar-refractivity contribution in [1.29, 1.82) is 5.41 Å². The fraction of sp³-hybridized carbons (Fsp3) is 0.917. The third kappa shape index (κ3) is 5.78. The van der Waals surface area contributed by atoms with Gasteiger partial charge in [-0.25, -0.2) is 0 Å². The molecule has 0 unspecified atom stereocenters. The normalized spacial score (nSPS) is 15.9. The molecule has 0 aliphatic heterocycles. The van der Waals surface area contributed by atoms with Crippen molar-refractivity contribution in [2.75, 3.05) is 13.1 Å². The first-order valence-corrected chi connectivity index (χ1v) is 6.31. The van der Waals surface area contributed by atoms with Crippen molar-refractivity contribution in [2.24, 2.45) is 5.73 Å². The fourth-order valence-corrected chi connectivity index (χ4v) is 1.92. The van der Waals surface area contributed by atoms with Crippen molar-refractivity contribution in [3.05, 3.63) is 0 Å². The van der Waals surface area contributed by atoms with Crippen LogP contribution in [-0.2, 0) is 0 Å². The van der Waals surface area contributed by atoms with Gasteiger partial charge < -0.3 is 5.73 Å². The van der Waals surface area contributed by atoms with E-state index in [1.807, 2.05) is 0 Å². The number of nitrogens with two attached hydrogens (primary N) is 1. The van der Waals surface area contributed by atoms with Gasteiger partial charge >= 0.3 is 0 Å². The molecule has 0 spiro atoms. The van der Waals surface area contributed by atoms with Crippen LogP contribution in [0.3, 0.4) is 0 Å². The molecule has 15 heavy (non-hydrogen) atoms. The Morgan fingerprint density at radius 2 is 2.00 bits per heavy atom. The summed E-state index contributed by atoms with van der Waals surface area (Å²) in [5.41, 5.74) is 5.39. The van der Waals surface area contributed by atoms with Crippen LogP contribution in [0.4, 0.5) is 0 Å². The molecule has 0 atom stereocenters. The van der Waals surface area contributed by atoms with Crippen LogP contribution in [0.1, 0.15) is 51.9 Å². The summed E-state index contributed by atoms with van der Waals surface area (Å²) < 4.78 is 0. The van der Waals surface area contributed by atoms with Crippen LogP contribution >= 0.6 is 0 Å². The summed E-state index contributed by atoms with van der Waals surface area (Å²) in [5.74, 6) is 0.328. The van der Waals surface area contributed by atoms with E-state index in [9.17, 15) is 0 Å². The summed E-state index contributed by atoms with van der Waals surface area (Å²) in [6.07, 6.45) is 8.76. The number of rotatable bonds is 9. The molecule has 1 fully saturated rings. The number of unbranched alkanes of at least 4 members (excludes halogenated alkanes) is 3. The Hall–Kier alpha value is -0.570. The smallest absolute Gasteiger partial charge is 0.0918 e. The van der Waals surface area contributed by atoms with E-state index in [0.717, 1.165) is 19.0 Å². The molecule has 0 radical (unpaired) electrons. The van der Waals surface area contributed by atoms with Crippen LogP contribution in [0, 0.1) is 5.41 Å². The Labute approximate surface area is 93.5 Å². The van der Waals surface area contributed by atoms with E-state index >= 15 is 0 Å². The second-order valence-corrected chi connectivity index (χ2v) is 4.60. The van der Waals surface area contributed by atoms with Gasteiger partial charge in [0.05, 0.1) is 5.84 Å². The molecule has 3 nitrogen and oxygen atoms in total. The molecular formula is C12H25N3. The maximum absolute atomic E-state index is 7.24. The molecule has 3 heteroatoms. The molecule has 3 N–H and O–H groups in total. The molecule has 88 valence electrons. The third-order valence-electron chi connectivity index (χ3n) is 3.03. The summed E-state index contributed by atoms with van der Waals surface area (Å²) in [6, 6.07) is 0.811. The van der Waals surface area contributed by atoms with E-state index < -0.39 is 0 Å². The molecule has 0 saturated heterocycles. The Balaban J connectivity index is 2.10. The lowest BCUT2D eigenvalue weighted by Crippen LogP contribution is -2.30. The quantitative estimate of drug-likeness (QED) is 0.349. The minimum Gasteiger partial charge on any atom is -0.388 e. The van der Waals surface area contributed by atoms with Gasteiger partial charge in [-0.15, -0.1) is 0 Å². The molecule has 1 saturated carbocycles. The third-order valence-corrected chi connectivity index (χ3v) is 3.03. The Kier molecular flexibility index (Phi) is 5.69. The first-order chi connectivity index (χ1) is 7.24. The number of amidine groups is 1. The highest BCUT2D eigenvalue weighted by Crippen LogP contribution is 2.27. The maximum atomic E-state index is 7.24. The van der Waals surface area contributed by atoms with Crippen molar-refractivity contribution in [3.8, 4) is 0 Å². The highest BCUT2D eigenvalue weighted by Gasteiger charge is 2.27. The van der Waals surface area contributed by atoms with Crippen LogP contribution in [0.15, 0.2) is 0 Å². The summed E-state index contributed by atoms with van der Waals surface area (Å²) in [7, 11) is 0. The summed E-state index contributed by atoms with van der Waals surface area (Å²) in [6.45, 7) is 4.44. The minimum atomic E-state index is 0.328. The van der Waals surface area contributed by atoms with Crippen molar-refractivity contribution in [1.82, 2.24) is 4.90 Å². The second kappa shape index (κ2) is 6.83. The lowest BCUT2D eigenvalue weighted by atomic mass is 10.2. The van der Waals surface area contributed by atoms with E-state index in [2.05, 4.69) is 11.8 Å². The topological polar surface area (TPSA) is 53.1 Å². The van der Waals surface area contributed by atoms with Crippen molar-refractivity contribution < 1.29 is 0 Å². The molecular weight excluding hydrogens is 186 g/mol. The van der Waals surface area contributed by atoms with Crippen molar-refractivity contribution in [3.63, 3.8) is 0 Å². The van der Waals surface area contributed by atoms with Crippen LogP contribution in [0.2, 0.25) is 0 Å². The van der Waals surface area contributed by atoms with Crippen LogP contribution < -0.4 is 5.73 Å². The van der Waals surface area contributed by atoms with Gasteiger partial charge in [0.1, 0.15) is 0 Å². The highest BCUT2D eigenvalue weighted by atomic mass is 15.2. The molecule has 0 bridgehead atoms. The van der Waals surface area contributed by atoms with Crippen molar-refractivity contribution >= 4 is 5.84 Å². The van der Waals surface area contributed by atoms with Gasteiger partial charge in [0.25, 0.3) is 0 Å². The Morgan fingerprint density at radius 1 is 1.27 bits per heavy atom. The number of nitrogens with one attached hydrogen (secondary N) is 1. The van der Waals surface area contributed by atoms with Gasteiger partial charge in [-0.1, -0.05) is 26.2 Å². The van der Waals surface area contributed by atoms with E-state index in [0.29, 0.717) is 5.84 Å². The number of hydrogen-bond acceptors (Lipinski definition) is 2. The minimum absolute atomic E-state index is 0.328. The lowest BCUT2D eigenvalue weighted by Gasteiger charge is -2.21. The first-order valence-electron chi connectivity index (χ1n) is 6.31. The molecule has 0 aromatic carbocycles. The van der Waals surface area contributed by atoms with E-state index in [1.54, 1.807) is 0 Å². The maximum Gasteiger partial charge on any atom is 0.0918 e. The van der Waals surface area contributed by atoms with E-state index in [-0.39, 0.29) is 0 Å². The van der Waals surface area contributed by atoms with Crippen LogP contribution in [-0.4, -0.2) is 29.9 Å². The lowest BCUT2D eigenvalue weighted by molar-refractivity contribution is 0.264. The van der Waals surface area contributed by atoms with Crippen molar-refractivity contribution in [2.45, 2.75) is 57.9 Å². The summed E-state index contributed by atoms with van der Waals surface area (Å²) in [5, 5.41) is 7.24. The van der Waals surface area contributed by atoms with Gasteiger partial charge in [0, 0.05) is 19.0 Å². The Morgan fingerprint density at radius 3 is 2.53 bits per heavy atom. The predicted molar refractivity (Wildman–Crippen MR) is 65.3 cm³/mol. The predicted octanol–water partition coefficient (Wildman–Crippen LogP) is 2.36. The molecule has 0 heterocycles. The zero-order valence-electron chi connectivity index (χ0n) is 9.97. The SMILES string of the molecule is CCCCCCN(CCC(=N)N)C1CC1. The second-order valence-electron chi connectivity index (χ2n) is 4.60. The van der Waals surface area contributed by atoms with Crippen LogP contribution in [0.25, 0.3) is 0 Å². The first kappa shape index (κ1) is 12.5. The standard InChI is InChI=1S/C12H25N3/c1-2-3-4-5-9-15(11-6-7-11)10-8-12(13)14/h11H,2-10H2,1H3,(H3,13,14). The van der Waals surface area contributed by atoms with E-state index in [4.69, 9.17) is 11.1 Å². The van der Waals surface area contributed by atoms with Gasteiger partial charge in [-0.3, -0.25) is 10.3 Å². The molecule has 1 aliphatic carbocycles. The van der Waals surface area contributed by atoms with Gasteiger partial charge in [0.2, 0.25) is 0 Å². The number of hydrogen-bond donors (Lipinski definition) is 2. The molecule has 0 aromatic heterocycles.